The molecule has 172 valence electrons. The number of carbonyl (C=O) groups excluding carboxylic acids is 1. The Balaban J connectivity index is 1.64. The highest BCUT2D eigenvalue weighted by Crippen LogP contribution is 2.31. The van der Waals surface area contributed by atoms with Gasteiger partial charge in [0.2, 0.25) is 0 Å². The van der Waals surface area contributed by atoms with Gasteiger partial charge in [0.25, 0.3) is 11.5 Å². The second-order valence-corrected chi connectivity index (χ2v) is 8.00. The fraction of sp³-hybridized carbons (Fsp3) is 0.0800. The molecule has 0 atom stereocenters. The maximum Gasteiger partial charge on any atom is 0.259 e. The third-order valence-corrected chi connectivity index (χ3v) is 5.61. The van der Waals surface area contributed by atoms with Gasteiger partial charge in [0.1, 0.15) is 0 Å². The van der Waals surface area contributed by atoms with E-state index in [-0.39, 0.29) is 22.3 Å². The molecule has 0 unspecified atom stereocenters. The van der Waals surface area contributed by atoms with E-state index in [2.05, 4.69) is 15.3 Å². The second-order valence-electron chi connectivity index (χ2n) is 7.19. The average Bonchev–Trinajstić information content (AvgIpc) is 2.83. The quantitative estimate of drug-likeness (QED) is 0.364. The minimum Gasteiger partial charge on any atom is -0.493 e. The number of amides is 1. The van der Waals surface area contributed by atoms with Crippen molar-refractivity contribution in [2.45, 2.75) is 0 Å². The molecular weight excluding hydrogens is 477 g/mol. The molecule has 0 aliphatic heterocycles. The fourth-order valence-corrected chi connectivity index (χ4v) is 3.78. The van der Waals surface area contributed by atoms with Gasteiger partial charge in [-0.3, -0.25) is 9.59 Å². The van der Waals surface area contributed by atoms with Crippen molar-refractivity contribution >= 4 is 56.8 Å². The number of fused-ring (bicyclic) bond motifs is 1. The summed E-state index contributed by atoms with van der Waals surface area (Å²) in [5, 5.41) is 3.73. The van der Waals surface area contributed by atoms with Gasteiger partial charge in [-0.1, -0.05) is 47.5 Å². The van der Waals surface area contributed by atoms with Crippen molar-refractivity contribution < 1.29 is 14.3 Å². The van der Waals surface area contributed by atoms with Gasteiger partial charge in [0.15, 0.2) is 17.3 Å². The number of hydrogen-bond acceptors (Lipinski definition) is 5. The van der Waals surface area contributed by atoms with E-state index >= 15 is 0 Å². The Kier molecular flexibility index (Phi) is 6.86. The number of anilines is 1. The zero-order valence-electron chi connectivity index (χ0n) is 18.2. The first-order valence-corrected chi connectivity index (χ1v) is 10.8. The number of carbonyl (C=O) groups is 1. The third-order valence-electron chi connectivity index (χ3n) is 4.99. The molecule has 1 heterocycles. The van der Waals surface area contributed by atoms with E-state index in [0.29, 0.717) is 44.2 Å². The number of aromatic nitrogens is 2. The zero-order chi connectivity index (χ0) is 24.2. The molecule has 0 aliphatic carbocycles. The molecular formula is C25H19Cl2N3O4. The van der Waals surface area contributed by atoms with Gasteiger partial charge in [-0.25, -0.2) is 4.98 Å². The summed E-state index contributed by atoms with van der Waals surface area (Å²) >= 11 is 12.6. The number of aromatic amines is 1. The molecule has 7 nitrogen and oxygen atoms in total. The summed E-state index contributed by atoms with van der Waals surface area (Å²) in [6.07, 6.45) is 1.64. The number of ether oxygens (including phenoxy) is 2. The zero-order valence-corrected chi connectivity index (χ0v) is 19.7. The summed E-state index contributed by atoms with van der Waals surface area (Å²) in [7, 11) is 2.99. The lowest BCUT2D eigenvalue weighted by molar-refractivity contribution is 0.102. The van der Waals surface area contributed by atoms with E-state index < -0.39 is 0 Å². The summed E-state index contributed by atoms with van der Waals surface area (Å²) in [5.41, 5.74) is 1.65. The maximum absolute atomic E-state index is 12.6. The van der Waals surface area contributed by atoms with Crippen LogP contribution in [0.3, 0.4) is 0 Å². The van der Waals surface area contributed by atoms with Gasteiger partial charge < -0.3 is 19.8 Å². The van der Waals surface area contributed by atoms with Gasteiger partial charge in [-0.2, -0.15) is 0 Å². The normalized spacial score (nSPS) is 11.4. The van der Waals surface area contributed by atoms with Crippen LogP contribution in [-0.4, -0.2) is 30.1 Å². The van der Waals surface area contributed by atoms with Crippen molar-refractivity contribution in [1.82, 2.24) is 9.97 Å². The Morgan fingerprint density at radius 2 is 1.76 bits per heavy atom. The van der Waals surface area contributed by atoms with Crippen molar-refractivity contribution in [3.63, 3.8) is 0 Å². The van der Waals surface area contributed by atoms with Crippen molar-refractivity contribution in [1.29, 1.82) is 0 Å². The number of nitrogens with one attached hydrogen (secondary N) is 2. The molecule has 1 aromatic heterocycles. The van der Waals surface area contributed by atoms with Gasteiger partial charge >= 0.3 is 0 Å². The molecule has 4 aromatic rings. The molecule has 1 amide bonds. The Hall–Kier alpha value is -3.81. The van der Waals surface area contributed by atoms with Gasteiger partial charge in [0, 0.05) is 11.8 Å². The average molecular weight is 496 g/mol. The van der Waals surface area contributed by atoms with E-state index in [1.807, 2.05) is 0 Å². The van der Waals surface area contributed by atoms with Crippen LogP contribution in [0.5, 0.6) is 11.5 Å². The first-order chi connectivity index (χ1) is 16.4. The molecule has 0 saturated carbocycles. The molecule has 9 heteroatoms. The molecule has 34 heavy (non-hydrogen) atoms. The Morgan fingerprint density at radius 1 is 1.03 bits per heavy atom. The molecule has 0 radical (unpaired) electrons. The molecule has 0 aliphatic rings. The molecule has 3 aromatic carbocycles. The monoisotopic (exact) mass is 495 g/mol. The number of benzene rings is 3. The number of H-pyrrole nitrogens is 1. The van der Waals surface area contributed by atoms with E-state index in [1.165, 1.54) is 14.2 Å². The first kappa shape index (κ1) is 23.4. The van der Waals surface area contributed by atoms with E-state index in [0.717, 1.165) is 0 Å². The third kappa shape index (κ3) is 4.90. The number of nitrogens with zero attached hydrogens (tertiary/aromatic N) is 1. The molecule has 0 spiro atoms. The topological polar surface area (TPSA) is 93.3 Å². The van der Waals surface area contributed by atoms with Crippen molar-refractivity contribution in [2.24, 2.45) is 0 Å². The van der Waals surface area contributed by atoms with Crippen molar-refractivity contribution in [2.75, 3.05) is 19.5 Å². The molecule has 0 saturated heterocycles. The highest BCUT2D eigenvalue weighted by molar-refractivity contribution is 6.50. The summed E-state index contributed by atoms with van der Waals surface area (Å²) in [4.78, 5) is 32.3. The molecule has 0 bridgehead atoms. The standard InChI is InChI=1S/C25H19Cl2N3O4/c1-33-21-12-17-20(13-22(21)34-2)29-23(30-25(17)32)19(27)11-14-6-5-7-15(10-14)28-24(31)16-8-3-4-9-18(16)26/h3-13H,1-2H3,(H,28,31)(H,29,30,32)/b19-11-. The predicted molar refractivity (Wildman–Crippen MR) is 135 cm³/mol. The van der Waals surface area contributed by atoms with Gasteiger partial charge in [-0.15, -0.1) is 0 Å². The van der Waals surface area contributed by atoms with Crippen LogP contribution in [0.2, 0.25) is 5.02 Å². The van der Waals surface area contributed by atoms with Gasteiger partial charge in [-0.05, 0) is 42.0 Å². The Bertz CT molecular complexity index is 1480. The van der Waals surface area contributed by atoms with Crippen LogP contribution < -0.4 is 20.3 Å². The van der Waals surface area contributed by atoms with E-state index in [4.69, 9.17) is 32.7 Å². The molecule has 2 N–H and O–H groups in total. The number of halogens is 2. The van der Waals surface area contributed by atoms with Crippen LogP contribution >= 0.6 is 23.2 Å². The van der Waals surface area contributed by atoms with Crippen LogP contribution in [0.25, 0.3) is 22.0 Å². The fourth-order valence-electron chi connectivity index (χ4n) is 3.34. The first-order valence-electron chi connectivity index (χ1n) is 10.1. The van der Waals surface area contributed by atoms with E-state index in [1.54, 1.807) is 66.7 Å². The summed E-state index contributed by atoms with van der Waals surface area (Å²) in [6, 6.07) is 17.0. The van der Waals surface area contributed by atoms with Crippen LogP contribution in [0.15, 0.2) is 65.5 Å². The van der Waals surface area contributed by atoms with Crippen LogP contribution in [0.1, 0.15) is 21.7 Å². The lowest BCUT2D eigenvalue weighted by Gasteiger charge is -2.09. The summed E-state index contributed by atoms with van der Waals surface area (Å²) in [5.74, 6) is 0.730. The largest absolute Gasteiger partial charge is 0.493 e. The molecule has 0 fully saturated rings. The second kappa shape index (κ2) is 9.99. The Labute approximate surface area is 205 Å². The molecule has 4 rings (SSSR count). The minimum atomic E-state index is -0.367. The highest BCUT2D eigenvalue weighted by Gasteiger charge is 2.13. The van der Waals surface area contributed by atoms with Gasteiger partial charge in [0.05, 0.1) is 40.7 Å². The van der Waals surface area contributed by atoms with E-state index in [9.17, 15) is 9.59 Å². The predicted octanol–water partition coefficient (Wildman–Crippen LogP) is 5.58. The van der Waals surface area contributed by atoms with Crippen molar-refractivity contribution in [3.8, 4) is 11.5 Å². The SMILES string of the molecule is COc1cc2nc(/C(Cl)=C/c3cccc(NC(=O)c4ccccc4Cl)c3)[nH]c(=O)c2cc1OC. The lowest BCUT2D eigenvalue weighted by atomic mass is 10.1. The minimum absolute atomic E-state index is 0.192. The highest BCUT2D eigenvalue weighted by atomic mass is 35.5. The van der Waals surface area contributed by atoms with Crippen molar-refractivity contribution in [3.05, 3.63) is 93.0 Å². The van der Waals surface area contributed by atoms with Crippen LogP contribution in [-0.2, 0) is 0 Å². The number of rotatable bonds is 6. The summed E-state index contributed by atoms with van der Waals surface area (Å²) in [6.45, 7) is 0. The van der Waals surface area contributed by atoms with Crippen LogP contribution in [0, 0.1) is 0 Å². The number of methoxy groups -OCH3 is 2. The summed E-state index contributed by atoms with van der Waals surface area (Å²) < 4.78 is 10.5. The van der Waals surface area contributed by atoms with Crippen LogP contribution in [0.4, 0.5) is 5.69 Å². The maximum atomic E-state index is 12.6. The smallest absolute Gasteiger partial charge is 0.259 e. The number of hydrogen-bond donors (Lipinski definition) is 2. The lowest BCUT2D eigenvalue weighted by Crippen LogP contribution is -2.12. The Morgan fingerprint density at radius 3 is 2.50 bits per heavy atom.